The third-order valence-corrected chi connectivity index (χ3v) is 2.82. The van der Waals surface area contributed by atoms with E-state index in [1.54, 1.807) is 0 Å². The topological polar surface area (TPSA) is 26.3 Å². The summed E-state index contributed by atoms with van der Waals surface area (Å²) in [4.78, 5) is 10.5. The molecule has 0 aliphatic carbocycles. The van der Waals surface area contributed by atoms with Gasteiger partial charge in [-0.2, -0.15) is 11.8 Å². The summed E-state index contributed by atoms with van der Waals surface area (Å²) < 4.78 is 5.02. The first kappa shape index (κ1) is 7.92. The monoisotopic (exact) mass is 160 g/mol. The molecule has 58 valence electrons. The van der Waals surface area contributed by atoms with Crippen LogP contribution in [0.1, 0.15) is 20.3 Å². The van der Waals surface area contributed by atoms with Crippen LogP contribution in [0.5, 0.6) is 0 Å². The Morgan fingerprint density at radius 3 is 2.80 bits per heavy atom. The van der Waals surface area contributed by atoms with Crippen molar-refractivity contribution in [3.8, 4) is 0 Å². The Balaban J connectivity index is 2.24. The highest BCUT2D eigenvalue weighted by Gasteiger charge is 2.23. The maximum atomic E-state index is 10.5. The second-order valence-corrected chi connectivity index (χ2v) is 4.08. The molecule has 10 heavy (non-hydrogen) atoms. The van der Waals surface area contributed by atoms with Crippen LogP contribution in [0.2, 0.25) is 0 Å². The lowest BCUT2D eigenvalue weighted by Gasteiger charge is -2.07. The van der Waals surface area contributed by atoms with Crippen molar-refractivity contribution in [3.05, 3.63) is 0 Å². The van der Waals surface area contributed by atoms with Crippen molar-refractivity contribution in [3.63, 3.8) is 0 Å². The Kier molecular flexibility index (Phi) is 2.60. The van der Waals surface area contributed by atoms with E-state index in [0.29, 0.717) is 5.25 Å². The van der Waals surface area contributed by atoms with Crippen molar-refractivity contribution < 1.29 is 9.53 Å². The molecule has 1 rings (SSSR count). The SMILES string of the molecule is CC(=O)O[C@@H]1CS[C@H](C)C1. The molecule has 1 aliphatic rings. The number of thioether (sulfide) groups is 1. The summed E-state index contributed by atoms with van der Waals surface area (Å²) in [5.74, 6) is 0.820. The summed E-state index contributed by atoms with van der Waals surface area (Å²) in [6.45, 7) is 3.63. The van der Waals surface area contributed by atoms with Crippen LogP contribution in [0.15, 0.2) is 0 Å². The van der Waals surface area contributed by atoms with Crippen molar-refractivity contribution in [2.45, 2.75) is 31.6 Å². The van der Waals surface area contributed by atoms with E-state index in [9.17, 15) is 4.79 Å². The van der Waals surface area contributed by atoms with Gasteiger partial charge in [-0.3, -0.25) is 4.79 Å². The summed E-state index contributed by atoms with van der Waals surface area (Å²) in [5.41, 5.74) is 0. The fourth-order valence-electron chi connectivity index (χ4n) is 1.09. The van der Waals surface area contributed by atoms with E-state index in [1.165, 1.54) is 6.92 Å². The second kappa shape index (κ2) is 3.28. The van der Waals surface area contributed by atoms with Gasteiger partial charge in [0.2, 0.25) is 0 Å². The molecular formula is C7H12O2S. The molecule has 1 saturated heterocycles. The zero-order chi connectivity index (χ0) is 7.56. The predicted octanol–water partition coefficient (Wildman–Crippen LogP) is 1.44. The molecule has 0 unspecified atom stereocenters. The molecule has 1 fully saturated rings. The molecular weight excluding hydrogens is 148 g/mol. The Morgan fingerprint density at radius 2 is 2.40 bits per heavy atom. The van der Waals surface area contributed by atoms with Crippen LogP contribution in [-0.2, 0) is 9.53 Å². The zero-order valence-electron chi connectivity index (χ0n) is 6.29. The third kappa shape index (κ3) is 2.21. The van der Waals surface area contributed by atoms with Crippen LogP contribution in [-0.4, -0.2) is 23.1 Å². The molecule has 1 aliphatic heterocycles. The van der Waals surface area contributed by atoms with Crippen molar-refractivity contribution in [2.75, 3.05) is 5.75 Å². The van der Waals surface area contributed by atoms with E-state index >= 15 is 0 Å². The van der Waals surface area contributed by atoms with E-state index in [0.717, 1.165) is 12.2 Å². The minimum Gasteiger partial charge on any atom is -0.462 e. The largest absolute Gasteiger partial charge is 0.462 e. The number of ether oxygens (including phenoxy) is 1. The Morgan fingerprint density at radius 1 is 1.70 bits per heavy atom. The first-order chi connectivity index (χ1) is 4.68. The van der Waals surface area contributed by atoms with E-state index < -0.39 is 0 Å². The average Bonchev–Trinajstić information content (AvgIpc) is 2.13. The van der Waals surface area contributed by atoms with Crippen molar-refractivity contribution in [1.29, 1.82) is 0 Å². The second-order valence-electron chi connectivity index (χ2n) is 2.61. The van der Waals surface area contributed by atoms with Crippen molar-refractivity contribution in [2.24, 2.45) is 0 Å². The summed E-state index contributed by atoms with van der Waals surface area (Å²) in [6.07, 6.45) is 1.20. The van der Waals surface area contributed by atoms with Gasteiger partial charge < -0.3 is 4.74 Å². The third-order valence-electron chi connectivity index (χ3n) is 1.49. The molecule has 2 nitrogen and oxygen atoms in total. The van der Waals surface area contributed by atoms with E-state index in [2.05, 4.69) is 6.92 Å². The van der Waals surface area contributed by atoms with Gasteiger partial charge in [-0.15, -0.1) is 0 Å². The van der Waals surface area contributed by atoms with E-state index in [4.69, 9.17) is 4.74 Å². The van der Waals surface area contributed by atoms with Gasteiger partial charge in [0.1, 0.15) is 6.10 Å². The minimum absolute atomic E-state index is 0.153. The van der Waals surface area contributed by atoms with E-state index in [1.807, 2.05) is 11.8 Å². The summed E-state index contributed by atoms with van der Waals surface area (Å²) in [5, 5.41) is 0.657. The molecule has 0 saturated carbocycles. The Bertz CT molecular complexity index is 136. The number of carbonyl (C=O) groups is 1. The number of carbonyl (C=O) groups excluding carboxylic acids is 1. The van der Waals surface area contributed by atoms with Crippen LogP contribution >= 0.6 is 11.8 Å². The normalized spacial score (nSPS) is 32.2. The summed E-state index contributed by atoms with van der Waals surface area (Å²) in [7, 11) is 0. The highest BCUT2D eigenvalue weighted by atomic mass is 32.2. The van der Waals surface area contributed by atoms with Gasteiger partial charge in [-0.05, 0) is 6.42 Å². The van der Waals surface area contributed by atoms with Gasteiger partial charge in [0.05, 0.1) is 0 Å². The molecule has 0 amide bonds. The first-order valence-corrected chi connectivity index (χ1v) is 4.52. The van der Waals surface area contributed by atoms with Crippen molar-refractivity contribution >= 4 is 17.7 Å². The molecule has 0 aromatic rings. The molecule has 0 bridgehead atoms. The molecule has 0 N–H and O–H groups in total. The number of rotatable bonds is 1. The van der Waals surface area contributed by atoms with Crippen LogP contribution in [0, 0.1) is 0 Å². The minimum atomic E-state index is -0.153. The first-order valence-electron chi connectivity index (χ1n) is 3.47. The lowest BCUT2D eigenvalue weighted by molar-refractivity contribution is -0.145. The molecule has 2 atom stereocenters. The van der Waals surface area contributed by atoms with Crippen LogP contribution in [0.4, 0.5) is 0 Å². The summed E-state index contributed by atoms with van der Waals surface area (Å²) >= 11 is 1.87. The van der Waals surface area contributed by atoms with E-state index in [-0.39, 0.29) is 12.1 Å². The number of hydrogen-bond acceptors (Lipinski definition) is 3. The van der Waals surface area contributed by atoms with Crippen LogP contribution in [0.25, 0.3) is 0 Å². The Hall–Kier alpha value is -0.180. The predicted molar refractivity (Wildman–Crippen MR) is 42.1 cm³/mol. The quantitative estimate of drug-likeness (QED) is 0.543. The average molecular weight is 160 g/mol. The van der Waals surface area contributed by atoms with Crippen molar-refractivity contribution in [1.82, 2.24) is 0 Å². The fraction of sp³-hybridized carbons (Fsp3) is 0.857. The molecule has 0 radical (unpaired) electrons. The van der Waals surface area contributed by atoms with Crippen LogP contribution in [0.3, 0.4) is 0 Å². The van der Waals surface area contributed by atoms with Crippen LogP contribution < -0.4 is 0 Å². The van der Waals surface area contributed by atoms with Gasteiger partial charge in [-0.1, -0.05) is 6.92 Å². The number of esters is 1. The molecule has 3 heteroatoms. The molecule has 0 spiro atoms. The standard InChI is InChI=1S/C7H12O2S/c1-5-3-7(4-10-5)9-6(2)8/h5,7H,3-4H2,1-2H3/t5-,7+/m1/s1. The maximum Gasteiger partial charge on any atom is 0.302 e. The number of hydrogen-bond donors (Lipinski definition) is 0. The highest BCUT2D eigenvalue weighted by molar-refractivity contribution is 8.00. The molecule has 0 aromatic carbocycles. The van der Waals surface area contributed by atoms with Gasteiger partial charge in [0.15, 0.2) is 0 Å². The fourth-order valence-corrected chi connectivity index (χ4v) is 2.19. The maximum absolute atomic E-state index is 10.5. The van der Waals surface area contributed by atoms with Gasteiger partial charge in [0.25, 0.3) is 0 Å². The van der Waals surface area contributed by atoms with Gasteiger partial charge in [-0.25, -0.2) is 0 Å². The smallest absolute Gasteiger partial charge is 0.302 e. The summed E-state index contributed by atoms with van der Waals surface area (Å²) in [6, 6.07) is 0. The lowest BCUT2D eigenvalue weighted by atomic mass is 10.2. The van der Waals surface area contributed by atoms with Gasteiger partial charge >= 0.3 is 5.97 Å². The lowest BCUT2D eigenvalue weighted by Crippen LogP contribution is -2.15. The highest BCUT2D eigenvalue weighted by Crippen LogP contribution is 2.27. The zero-order valence-corrected chi connectivity index (χ0v) is 7.11. The van der Waals surface area contributed by atoms with Gasteiger partial charge in [0, 0.05) is 17.9 Å². The molecule has 0 aromatic heterocycles. The molecule has 1 heterocycles. The Labute approximate surface area is 65.3 Å².